The van der Waals surface area contributed by atoms with Gasteiger partial charge in [-0.1, -0.05) is 44.2 Å². The number of hydrogen-bond donors (Lipinski definition) is 1. The molecule has 0 spiro atoms. The van der Waals surface area contributed by atoms with E-state index in [4.69, 9.17) is 0 Å². The van der Waals surface area contributed by atoms with Gasteiger partial charge in [0.2, 0.25) is 16.9 Å². The number of nitrogens with one attached hydrogen (secondary N) is 1. The van der Waals surface area contributed by atoms with Gasteiger partial charge in [-0.05, 0) is 30.2 Å². The number of nitrogens with zero attached hydrogens (tertiary/aromatic N) is 3. The Hall–Kier alpha value is -2.54. The summed E-state index contributed by atoms with van der Waals surface area (Å²) in [6.07, 6.45) is 4.72. The molecule has 0 atom stereocenters. The molecule has 0 aliphatic carbocycles. The van der Waals surface area contributed by atoms with E-state index in [0.717, 1.165) is 29.2 Å². The fourth-order valence-electron chi connectivity index (χ4n) is 2.58. The van der Waals surface area contributed by atoms with Crippen LogP contribution in [0.3, 0.4) is 0 Å². The summed E-state index contributed by atoms with van der Waals surface area (Å²) < 4.78 is 0. The Labute approximate surface area is 156 Å². The molecule has 1 saturated heterocycles. The first-order valence-corrected chi connectivity index (χ1v) is 9.38. The third-order valence-electron chi connectivity index (χ3n) is 4.00. The Kier molecular flexibility index (Phi) is 5.18. The van der Waals surface area contributed by atoms with Crippen LogP contribution in [0.1, 0.15) is 44.2 Å². The molecule has 136 valence electrons. The first-order valence-electron chi connectivity index (χ1n) is 8.56. The maximum Gasteiger partial charge on any atom is 0.250 e. The molecule has 0 radical (unpaired) electrons. The number of amides is 2. The van der Waals surface area contributed by atoms with Crippen LogP contribution < -0.4 is 10.2 Å². The number of carbonyl (C=O) groups excluding carboxylic acids is 2. The fraction of sp³-hybridized carbons (Fsp3) is 0.368. The molecule has 1 aromatic carbocycles. The zero-order valence-corrected chi connectivity index (χ0v) is 16.0. The minimum Gasteiger partial charge on any atom is -0.312 e. The lowest BCUT2D eigenvalue weighted by molar-refractivity contribution is -0.117. The molecule has 1 aliphatic rings. The van der Waals surface area contributed by atoms with Crippen LogP contribution in [-0.4, -0.2) is 28.6 Å². The van der Waals surface area contributed by atoms with E-state index in [1.807, 2.05) is 24.3 Å². The smallest absolute Gasteiger partial charge is 0.250 e. The van der Waals surface area contributed by atoms with Crippen LogP contribution in [0.25, 0.3) is 6.08 Å². The molecule has 2 amide bonds. The Bertz CT molecular complexity index is 834. The Balaban J connectivity index is 1.59. The molecule has 1 aliphatic heterocycles. The second kappa shape index (κ2) is 7.37. The van der Waals surface area contributed by atoms with E-state index in [9.17, 15) is 9.59 Å². The largest absolute Gasteiger partial charge is 0.312 e. The molecule has 1 aromatic heterocycles. The highest BCUT2D eigenvalue weighted by Gasteiger charge is 2.21. The minimum absolute atomic E-state index is 0.0883. The second-order valence-corrected chi connectivity index (χ2v) is 8.20. The molecule has 26 heavy (non-hydrogen) atoms. The van der Waals surface area contributed by atoms with Crippen LogP contribution in [0.4, 0.5) is 10.8 Å². The van der Waals surface area contributed by atoms with Crippen LogP contribution in [0.2, 0.25) is 0 Å². The van der Waals surface area contributed by atoms with E-state index in [1.54, 1.807) is 11.0 Å². The van der Waals surface area contributed by atoms with Gasteiger partial charge in [0, 0.05) is 30.1 Å². The van der Waals surface area contributed by atoms with E-state index >= 15 is 0 Å². The van der Waals surface area contributed by atoms with Gasteiger partial charge in [0.1, 0.15) is 5.01 Å². The monoisotopic (exact) mass is 370 g/mol. The van der Waals surface area contributed by atoms with Crippen molar-refractivity contribution in [3.8, 4) is 0 Å². The number of benzene rings is 1. The lowest BCUT2D eigenvalue weighted by atomic mass is 9.98. The molecular formula is C19H22N4O2S. The van der Waals surface area contributed by atoms with E-state index in [-0.39, 0.29) is 17.2 Å². The first kappa shape index (κ1) is 18.3. The SMILES string of the molecule is CC(C)(C)c1nnc(NC(=O)/C=C\c2ccc(N3CCCC3=O)cc2)s1. The highest BCUT2D eigenvalue weighted by atomic mass is 32.1. The van der Waals surface area contributed by atoms with Gasteiger partial charge in [0.15, 0.2) is 0 Å². The molecule has 0 saturated carbocycles. The normalized spacial score (nSPS) is 15.0. The third kappa shape index (κ3) is 4.35. The second-order valence-electron chi connectivity index (χ2n) is 7.23. The van der Waals surface area contributed by atoms with Crippen LogP contribution in [-0.2, 0) is 15.0 Å². The summed E-state index contributed by atoms with van der Waals surface area (Å²) in [4.78, 5) is 25.6. The van der Waals surface area contributed by atoms with Gasteiger partial charge in [-0.2, -0.15) is 0 Å². The number of carbonyl (C=O) groups is 2. The molecule has 6 nitrogen and oxygen atoms in total. The molecule has 2 aromatic rings. The van der Waals surface area contributed by atoms with Crippen molar-refractivity contribution in [1.29, 1.82) is 0 Å². The molecule has 1 fully saturated rings. The average molecular weight is 370 g/mol. The summed E-state index contributed by atoms with van der Waals surface area (Å²) in [6.45, 7) is 6.93. The van der Waals surface area contributed by atoms with E-state index in [2.05, 4.69) is 36.3 Å². The van der Waals surface area contributed by atoms with Gasteiger partial charge in [-0.25, -0.2) is 0 Å². The highest BCUT2D eigenvalue weighted by Crippen LogP contribution is 2.27. The minimum atomic E-state index is -0.250. The van der Waals surface area contributed by atoms with Crippen LogP contribution in [0.15, 0.2) is 30.3 Å². The van der Waals surface area contributed by atoms with Gasteiger partial charge in [-0.15, -0.1) is 10.2 Å². The van der Waals surface area contributed by atoms with Gasteiger partial charge < -0.3 is 4.90 Å². The number of aromatic nitrogens is 2. The van der Waals surface area contributed by atoms with Crippen molar-refractivity contribution in [2.75, 3.05) is 16.8 Å². The molecule has 3 rings (SSSR count). The van der Waals surface area contributed by atoms with Gasteiger partial charge in [0.25, 0.3) is 0 Å². The Morgan fingerprint density at radius 2 is 1.96 bits per heavy atom. The predicted molar refractivity (Wildman–Crippen MR) is 104 cm³/mol. The topological polar surface area (TPSA) is 75.2 Å². The van der Waals surface area contributed by atoms with Crippen molar-refractivity contribution < 1.29 is 9.59 Å². The van der Waals surface area contributed by atoms with E-state index in [0.29, 0.717) is 11.6 Å². The number of rotatable bonds is 4. The van der Waals surface area contributed by atoms with Crippen molar-refractivity contribution in [2.45, 2.75) is 39.0 Å². The van der Waals surface area contributed by atoms with Gasteiger partial charge >= 0.3 is 0 Å². The van der Waals surface area contributed by atoms with Crippen molar-refractivity contribution in [3.63, 3.8) is 0 Å². The maximum absolute atomic E-state index is 12.1. The van der Waals surface area contributed by atoms with Crippen LogP contribution in [0.5, 0.6) is 0 Å². The molecular weight excluding hydrogens is 348 g/mol. The standard InChI is InChI=1S/C19H22N4O2S/c1-19(2,3)17-21-22-18(26-17)20-15(24)11-8-13-6-9-14(10-7-13)23-12-4-5-16(23)25/h6-11H,4-5,12H2,1-3H3,(H,20,22,24)/b11-8-. The summed E-state index contributed by atoms with van der Waals surface area (Å²) in [5, 5.41) is 12.2. The van der Waals surface area contributed by atoms with Crippen molar-refractivity contribution in [3.05, 3.63) is 40.9 Å². The Morgan fingerprint density at radius 3 is 2.54 bits per heavy atom. The first-order chi connectivity index (χ1) is 12.3. The zero-order chi connectivity index (χ0) is 18.7. The third-order valence-corrected chi connectivity index (χ3v) is 5.27. The molecule has 0 unspecified atom stereocenters. The van der Waals surface area contributed by atoms with Crippen LogP contribution in [0, 0.1) is 0 Å². The summed E-state index contributed by atoms with van der Waals surface area (Å²) in [7, 11) is 0. The summed E-state index contributed by atoms with van der Waals surface area (Å²) >= 11 is 1.38. The van der Waals surface area contributed by atoms with Crippen molar-refractivity contribution >= 4 is 40.0 Å². The molecule has 2 heterocycles. The van der Waals surface area contributed by atoms with Gasteiger partial charge in [-0.3, -0.25) is 14.9 Å². The highest BCUT2D eigenvalue weighted by molar-refractivity contribution is 7.15. The zero-order valence-electron chi connectivity index (χ0n) is 15.2. The van der Waals surface area contributed by atoms with Crippen LogP contribution >= 0.6 is 11.3 Å². The predicted octanol–water partition coefficient (Wildman–Crippen LogP) is 3.61. The maximum atomic E-state index is 12.1. The van der Waals surface area contributed by atoms with Gasteiger partial charge in [0.05, 0.1) is 0 Å². The fourth-order valence-corrected chi connectivity index (χ4v) is 3.39. The number of hydrogen-bond acceptors (Lipinski definition) is 5. The summed E-state index contributed by atoms with van der Waals surface area (Å²) in [5.41, 5.74) is 1.70. The summed E-state index contributed by atoms with van der Waals surface area (Å²) in [5.74, 6) is -0.0836. The molecule has 0 bridgehead atoms. The molecule has 1 N–H and O–H groups in total. The lowest BCUT2D eigenvalue weighted by Crippen LogP contribution is -2.23. The Morgan fingerprint density at radius 1 is 1.23 bits per heavy atom. The van der Waals surface area contributed by atoms with E-state index in [1.165, 1.54) is 17.4 Å². The molecule has 7 heteroatoms. The number of anilines is 2. The average Bonchev–Trinajstić information content (AvgIpc) is 3.22. The summed E-state index contributed by atoms with van der Waals surface area (Å²) in [6, 6.07) is 7.60. The van der Waals surface area contributed by atoms with Crippen molar-refractivity contribution in [1.82, 2.24) is 10.2 Å². The van der Waals surface area contributed by atoms with E-state index < -0.39 is 0 Å². The quantitative estimate of drug-likeness (QED) is 0.834. The van der Waals surface area contributed by atoms with Crippen molar-refractivity contribution in [2.24, 2.45) is 0 Å². The lowest BCUT2D eigenvalue weighted by Gasteiger charge is -2.15.